The number of nitrogens with zero attached hydrogens (tertiary/aromatic N) is 1. The maximum absolute atomic E-state index is 13.2. The van der Waals surface area contributed by atoms with Gasteiger partial charge in [-0.2, -0.15) is 0 Å². The maximum Gasteiger partial charge on any atom is 0.254 e. The Labute approximate surface area is 142 Å². The molecule has 0 radical (unpaired) electrons. The van der Waals surface area contributed by atoms with Crippen LogP contribution < -0.4 is 0 Å². The third-order valence-corrected chi connectivity index (χ3v) is 6.22. The van der Waals surface area contributed by atoms with E-state index >= 15 is 0 Å². The second-order valence-corrected chi connectivity index (χ2v) is 7.76. The van der Waals surface area contributed by atoms with Gasteiger partial charge in [-0.1, -0.05) is 48.0 Å². The summed E-state index contributed by atoms with van der Waals surface area (Å²) < 4.78 is 1.08. The lowest BCUT2D eigenvalue weighted by molar-refractivity contribution is 0.0518. The molecule has 3 rings (SSSR count). The van der Waals surface area contributed by atoms with Crippen molar-refractivity contribution in [3.63, 3.8) is 0 Å². The van der Waals surface area contributed by atoms with E-state index in [1.165, 1.54) is 57.8 Å². The predicted octanol–water partition coefficient (Wildman–Crippen LogP) is 5.48. The van der Waals surface area contributed by atoms with Crippen molar-refractivity contribution in [3.05, 3.63) is 33.8 Å². The molecule has 22 heavy (non-hydrogen) atoms. The molecule has 2 fully saturated rings. The predicted molar refractivity (Wildman–Crippen MR) is 94.2 cm³/mol. The Morgan fingerprint density at radius 2 is 1.55 bits per heavy atom. The number of rotatable bonds is 3. The first-order chi connectivity index (χ1) is 10.7. The highest BCUT2D eigenvalue weighted by molar-refractivity contribution is 9.10. The summed E-state index contributed by atoms with van der Waals surface area (Å²) >= 11 is 3.53. The SMILES string of the molecule is Cc1cc(C(=O)N(C2CCCCC2)C2CCCC2)ccc1Br. The standard InChI is InChI=1S/C19H26BrNO/c1-14-13-15(11-12-18(14)20)19(22)21(17-9-5-6-10-17)16-7-3-2-4-8-16/h11-13,16-17H,2-10H2,1H3. The number of carbonyl (C=O) groups excluding carboxylic acids is 1. The van der Waals surface area contributed by atoms with Gasteiger partial charge in [0.25, 0.3) is 5.91 Å². The highest BCUT2D eigenvalue weighted by Crippen LogP contribution is 2.32. The molecule has 0 aromatic heterocycles. The Kier molecular flexibility index (Phi) is 5.22. The van der Waals surface area contributed by atoms with E-state index in [4.69, 9.17) is 0 Å². The molecule has 2 aliphatic carbocycles. The Hall–Kier alpha value is -0.830. The van der Waals surface area contributed by atoms with Crippen LogP contribution in [0.15, 0.2) is 22.7 Å². The van der Waals surface area contributed by atoms with Crippen LogP contribution in [-0.4, -0.2) is 22.9 Å². The largest absolute Gasteiger partial charge is 0.333 e. The van der Waals surface area contributed by atoms with Gasteiger partial charge in [0.2, 0.25) is 0 Å². The normalized spacial score (nSPS) is 20.3. The fourth-order valence-electron chi connectivity index (χ4n) is 4.10. The number of benzene rings is 1. The van der Waals surface area contributed by atoms with Crippen molar-refractivity contribution in [2.75, 3.05) is 0 Å². The number of amides is 1. The van der Waals surface area contributed by atoms with Crippen LogP contribution >= 0.6 is 15.9 Å². The Balaban J connectivity index is 1.86. The first-order valence-electron chi connectivity index (χ1n) is 8.75. The van der Waals surface area contributed by atoms with Crippen molar-refractivity contribution in [1.82, 2.24) is 4.90 Å². The fraction of sp³-hybridized carbons (Fsp3) is 0.632. The van der Waals surface area contributed by atoms with E-state index in [1.807, 2.05) is 18.2 Å². The molecule has 0 spiro atoms. The minimum absolute atomic E-state index is 0.259. The van der Waals surface area contributed by atoms with Crippen LogP contribution in [-0.2, 0) is 0 Å². The lowest BCUT2D eigenvalue weighted by Crippen LogP contribution is -2.47. The summed E-state index contributed by atoms with van der Waals surface area (Å²) in [4.78, 5) is 15.5. The van der Waals surface area contributed by atoms with Gasteiger partial charge in [0.1, 0.15) is 0 Å². The molecule has 0 saturated heterocycles. The minimum atomic E-state index is 0.259. The Bertz CT molecular complexity index is 530. The molecule has 2 nitrogen and oxygen atoms in total. The molecule has 0 bridgehead atoms. The average molecular weight is 364 g/mol. The summed E-state index contributed by atoms with van der Waals surface area (Å²) in [5.41, 5.74) is 2.00. The van der Waals surface area contributed by atoms with Crippen molar-refractivity contribution in [2.45, 2.75) is 76.8 Å². The first kappa shape index (κ1) is 16.0. The smallest absolute Gasteiger partial charge is 0.254 e. The quantitative estimate of drug-likeness (QED) is 0.696. The lowest BCUT2D eigenvalue weighted by Gasteiger charge is -2.39. The molecule has 1 amide bonds. The van der Waals surface area contributed by atoms with Crippen LogP contribution in [0.25, 0.3) is 0 Å². The molecule has 0 N–H and O–H groups in total. The van der Waals surface area contributed by atoms with Gasteiger partial charge in [0.05, 0.1) is 0 Å². The van der Waals surface area contributed by atoms with Crippen LogP contribution in [0.1, 0.15) is 73.7 Å². The van der Waals surface area contributed by atoms with Gasteiger partial charge in [-0.15, -0.1) is 0 Å². The van der Waals surface area contributed by atoms with Crippen molar-refractivity contribution < 1.29 is 4.79 Å². The molecule has 1 aromatic carbocycles. The van der Waals surface area contributed by atoms with E-state index in [9.17, 15) is 4.79 Å². The van der Waals surface area contributed by atoms with Crippen molar-refractivity contribution in [1.29, 1.82) is 0 Å². The topological polar surface area (TPSA) is 20.3 Å². The number of halogens is 1. The summed E-state index contributed by atoms with van der Waals surface area (Å²) in [6, 6.07) is 6.96. The second-order valence-electron chi connectivity index (χ2n) is 6.91. The van der Waals surface area contributed by atoms with E-state index in [1.54, 1.807) is 0 Å². The summed E-state index contributed by atoms with van der Waals surface area (Å²) in [6.07, 6.45) is 11.2. The van der Waals surface area contributed by atoms with Crippen molar-refractivity contribution in [3.8, 4) is 0 Å². The van der Waals surface area contributed by atoms with Crippen LogP contribution in [0.4, 0.5) is 0 Å². The van der Waals surface area contributed by atoms with Gasteiger partial charge >= 0.3 is 0 Å². The van der Waals surface area contributed by atoms with Crippen molar-refractivity contribution >= 4 is 21.8 Å². The average Bonchev–Trinajstić information content (AvgIpc) is 3.05. The monoisotopic (exact) mass is 363 g/mol. The minimum Gasteiger partial charge on any atom is -0.333 e. The molecule has 2 saturated carbocycles. The number of carbonyl (C=O) groups is 1. The number of hydrogen-bond donors (Lipinski definition) is 0. The third-order valence-electron chi connectivity index (χ3n) is 5.33. The number of hydrogen-bond acceptors (Lipinski definition) is 1. The Morgan fingerprint density at radius 1 is 1.00 bits per heavy atom. The van der Waals surface area contributed by atoms with Crippen LogP contribution in [0.2, 0.25) is 0 Å². The van der Waals surface area contributed by atoms with Gasteiger partial charge in [-0.25, -0.2) is 0 Å². The summed E-state index contributed by atoms with van der Waals surface area (Å²) in [5.74, 6) is 0.259. The first-order valence-corrected chi connectivity index (χ1v) is 9.55. The molecule has 120 valence electrons. The van der Waals surface area contributed by atoms with Gasteiger partial charge < -0.3 is 4.90 Å². The van der Waals surface area contributed by atoms with Crippen LogP contribution in [0.5, 0.6) is 0 Å². The van der Waals surface area contributed by atoms with Gasteiger partial charge in [0.15, 0.2) is 0 Å². The molecular formula is C19H26BrNO. The molecule has 1 aromatic rings. The maximum atomic E-state index is 13.2. The van der Waals surface area contributed by atoms with Gasteiger partial charge in [0, 0.05) is 22.1 Å². The van der Waals surface area contributed by atoms with E-state index < -0.39 is 0 Å². The van der Waals surface area contributed by atoms with E-state index in [0.29, 0.717) is 12.1 Å². The van der Waals surface area contributed by atoms with Gasteiger partial charge in [-0.3, -0.25) is 4.79 Å². The highest BCUT2D eigenvalue weighted by Gasteiger charge is 2.33. The zero-order chi connectivity index (χ0) is 15.5. The molecule has 0 heterocycles. The third kappa shape index (κ3) is 3.40. The number of aryl methyl sites for hydroxylation is 1. The molecule has 2 aliphatic rings. The fourth-order valence-corrected chi connectivity index (χ4v) is 4.34. The molecule has 0 aliphatic heterocycles. The zero-order valence-corrected chi connectivity index (χ0v) is 15.1. The van der Waals surface area contributed by atoms with Crippen LogP contribution in [0, 0.1) is 6.92 Å². The molecule has 0 unspecified atom stereocenters. The van der Waals surface area contributed by atoms with E-state index in [-0.39, 0.29) is 5.91 Å². The van der Waals surface area contributed by atoms with Gasteiger partial charge in [-0.05, 0) is 56.4 Å². The summed E-state index contributed by atoms with van der Waals surface area (Å²) in [5, 5.41) is 0. The second kappa shape index (κ2) is 7.16. The summed E-state index contributed by atoms with van der Waals surface area (Å²) in [7, 11) is 0. The zero-order valence-electron chi connectivity index (χ0n) is 13.5. The highest BCUT2D eigenvalue weighted by atomic mass is 79.9. The molecule has 0 atom stereocenters. The van der Waals surface area contributed by atoms with Crippen molar-refractivity contribution in [2.24, 2.45) is 0 Å². The summed E-state index contributed by atoms with van der Waals surface area (Å²) in [6.45, 7) is 2.06. The molecule has 3 heteroatoms. The van der Waals surface area contributed by atoms with E-state index in [2.05, 4.69) is 27.8 Å². The molecular weight excluding hydrogens is 338 g/mol. The Morgan fingerprint density at radius 3 is 2.09 bits per heavy atom. The lowest BCUT2D eigenvalue weighted by atomic mass is 9.92. The van der Waals surface area contributed by atoms with Crippen LogP contribution in [0.3, 0.4) is 0 Å². The van der Waals surface area contributed by atoms with E-state index in [0.717, 1.165) is 15.6 Å².